The van der Waals surface area contributed by atoms with Crippen LogP contribution in [0.5, 0.6) is 5.75 Å². The van der Waals surface area contributed by atoms with E-state index in [4.69, 9.17) is 9.47 Å². The number of benzene rings is 1. The molecule has 0 unspecified atom stereocenters. The Labute approximate surface area is 173 Å². The summed E-state index contributed by atoms with van der Waals surface area (Å²) in [6, 6.07) is 3.02. The van der Waals surface area contributed by atoms with Crippen molar-refractivity contribution in [1.82, 2.24) is 10.6 Å². The van der Waals surface area contributed by atoms with E-state index in [0.29, 0.717) is 25.5 Å². The Balaban J connectivity index is 0.00000338. The van der Waals surface area contributed by atoms with Gasteiger partial charge in [-0.25, -0.2) is 4.39 Å². The van der Waals surface area contributed by atoms with E-state index in [9.17, 15) is 4.39 Å². The molecule has 1 aromatic carbocycles. The largest absolute Gasteiger partial charge is 0.467 e. The fourth-order valence-electron chi connectivity index (χ4n) is 2.79. The number of ether oxygens (including phenoxy) is 2. The van der Waals surface area contributed by atoms with Gasteiger partial charge in [0, 0.05) is 25.2 Å². The molecular formula is C19H31FIN3O2. The second-order valence-electron chi connectivity index (χ2n) is 6.64. The standard InChI is InChI=1S/C19H30FN3O2.HI/c1-4-21-19(22-8-5-6-14(2)3)23-9-7-15-10-17(20)11-16-12-24-13-25-18(15)16;/h10-11,14H,4-9,12-13H2,1-3H3,(H2,21,22,23);1H. The summed E-state index contributed by atoms with van der Waals surface area (Å²) in [7, 11) is 0. The molecule has 1 aliphatic heterocycles. The maximum Gasteiger partial charge on any atom is 0.191 e. The molecule has 0 atom stereocenters. The molecule has 0 amide bonds. The van der Waals surface area contributed by atoms with Gasteiger partial charge < -0.3 is 20.1 Å². The predicted octanol–water partition coefficient (Wildman–Crippen LogP) is 3.84. The Morgan fingerprint density at radius 2 is 2.12 bits per heavy atom. The highest BCUT2D eigenvalue weighted by molar-refractivity contribution is 14.0. The Hall–Kier alpha value is -1.09. The molecule has 26 heavy (non-hydrogen) atoms. The average Bonchev–Trinajstić information content (AvgIpc) is 2.58. The highest BCUT2D eigenvalue weighted by atomic mass is 127. The smallest absolute Gasteiger partial charge is 0.191 e. The predicted molar refractivity (Wildman–Crippen MR) is 114 cm³/mol. The first kappa shape index (κ1) is 23.0. The molecule has 0 radical (unpaired) electrons. The van der Waals surface area contributed by atoms with Gasteiger partial charge in [-0.15, -0.1) is 24.0 Å². The molecular weight excluding hydrogens is 448 g/mol. The maximum absolute atomic E-state index is 13.8. The van der Waals surface area contributed by atoms with Gasteiger partial charge in [-0.2, -0.15) is 0 Å². The monoisotopic (exact) mass is 479 g/mol. The Kier molecular flexibility index (Phi) is 10.9. The van der Waals surface area contributed by atoms with Crippen molar-refractivity contribution in [2.45, 2.75) is 46.6 Å². The molecule has 1 aliphatic rings. The third-order valence-electron chi connectivity index (χ3n) is 3.99. The lowest BCUT2D eigenvalue weighted by Gasteiger charge is -2.21. The number of hydrogen-bond acceptors (Lipinski definition) is 3. The number of guanidine groups is 1. The molecule has 1 heterocycles. The number of fused-ring (bicyclic) bond motifs is 1. The van der Waals surface area contributed by atoms with E-state index in [-0.39, 0.29) is 36.6 Å². The van der Waals surface area contributed by atoms with Crippen molar-refractivity contribution in [1.29, 1.82) is 0 Å². The maximum atomic E-state index is 13.8. The summed E-state index contributed by atoms with van der Waals surface area (Å²) in [6.45, 7) is 9.39. The molecule has 0 bridgehead atoms. The summed E-state index contributed by atoms with van der Waals surface area (Å²) in [6.07, 6.45) is 2.92. The molecule has 2 N–H and O–H groups in total. The summed E-state index contributed by atoms with van der Waals surface area (Å²) in [5.74, 6) is 2.01. The van der Waals surface area contributed by atoms with Crippen molar-refractivity contribution in [3.8, 4) is 5.75 Å². The van der Waals surface area contributed by atoms with Crippen LogP contribution in [-0.2, 0) is 17.8 Å². The summed E-state index contributed by atoms with van der Waals surface area (Å²) < 4.78 is 24.5. The first-order valence-corrected chi connectivity index (χ1v) is 9.14. The first-order chi connectivity index (χ1) is 12.1. The van der Waals surface area contributed by atoms with Crippen LogP contribution in [0, 0.1) is 11.7 Å². The Morgan fingerprint density at radius 3 is 2.85 bits per heavy atom. The number of hydrogen-bond donors (Lipinski definition) is 2. The van der Waals surface area contributed by atoms with Crippen LogP contribution in [0.25, 0.3) is 0 Å². The van der Waals surface area contributed by atoms with Gasteiger partial charge in [-0.1, -0.05) is 13.8 Å². The normalized spacial score (nSPS) is 13.7. The van der Waals surface area contributed by atoms with Crippen molar-refractivity contribution < 1.29 is 13.9 Å². The Morgan fingerprint density at radius 1 is 1.31 bits per heavy atom. The number of halogens is 2. The lowest BCUT2D eigenvalue weighted by Crippen LogP contribution is -2.38. The van der Waals surface area contributed by atoms with Crippen LogP contribution in [0.4, 0.5) is 4.39 Å². The molecule has 0 spiro atoms. The highest BCUT2D eigenvalue weighted by Crippen LogP contribution is 2.29. The van der Waals surface area contributed by atoms with E-state index < -0.39 is 0 Å². The van der Waals surface area contributed by atoms with Crippen LogP contribution < -0.4 is 15.4 Å². The van der Waals surface area contributed by atoms with Crippen LogP contribution in [0.1, 0.15) is 44.7 Å². The summed E-state index contributed by atoms with van der Waals surface area (Å²) in [4.78, 5) is 4.59. The molecule has 148 valence electrons. The quantitative estimate of drug-likeness (QED) is 0.258. The fourth-order valence-corrected chi connectivity index (χ4v) is 2.79. The van der Waals surface area contributed by atoms with Crippen molar-refractivity contribution in [2.75, 3.05) is 26.4 Å². The highest BCUT2D eigenvalue weighted by Gasteiger charge is 2.16. The topological polar surface area (TPSA) is 54.9 Å². The van der Waals surface area contributed by atoms with E-state index in [1.807, 2.05) is 6.92 Å². The SMILES string of the molecule is CCNC(=NCCCC(C)C)NCCc1cc(F)cc2c1OCOC2.I. The molecule has 5 nitrogen and oxygen atoms in total. The Bertz CT molecular complexity index is 582. The molecule has 0 fully saturated rings. The second kappa shape index (κ2) is 12.3. The van der Waals surface area contributed by atoms with Crippen LogP contribution >= 0.6 is 24.0 Å². The van der Waals surface area contributed by atoms with Crippen molar-refractivity contribution in [3.63, 3.8) is 0 Å². The number of rotatable bonds is 8. The van der Waals surface area contributed by atoms with Crippen LogP contribution in [-0.4, -0.2) is 32.4 Å². The van der Waals surface area contributed by atoms with Gasteiger partial charge in [0.1, 0.15) is 11.6 Å². The third kappa shape index (κ3) is 7.65. The molecule has 1 aromatic rings. The number of nitrogens with zero attached hydrogens (tertiary/aromatic N) is 1. The van der Waals surface area contributed by atoms with E-state index >= 15 is 0 Å². The summed E-state index contributed by atoms with van der Waals surface area (Å²) in [5, 5.41) is 6.56. The van der Waals surface area contributed by atoms with E-state index in [1.54, 1.807) is 6.07 Å². The van der Waals surface area contributed by atoms with Gasteiger partial charge >= 0.3 is 0 Å². The molecule has 7 heteroatoms. The molecule has 0 saturated carbocycles. The second-order valence-corrected chi connectivity index (χ2v) is 6.64. The zero-order chi connectivity index (χ0) is 18.1. The molecule has 0 aromatic heterocycles. The summed E-state index contributed by atoms with van der Waals surface area (Å²) in [5.41, 5.74) is 1.64. The van der Waals surface area contributed by atoms with Crippen molar-refractivity contribution >= 4 is 29.9 Å². The minimum absolute atomic E-state index is 0. The zero-order valence-electron chi connectivity index (χ0n) is 15.9. The first-order valence-electron chi connectivity index (χ1n) is 9.14. The van der Waals surface area contributed by atoms with Gasteiger partial charge in [0.2, 0.25) is 0 Å². The van der Waals surface area contributed by atoms with Crippen LogP contribution in [0.15, 0.2) is 17.1 Å². The van der Waals surface area contributed by atoms with Gasteiger partial charge in [-0.05, 0) is 49.8 Å². The molecule has 2 rings (SSSR count). The summed E-state index contributed by atoms with van der Waals surface area (Å²) >= 11 is 0. The minimum atomic E-state index is -0.253. The number of aliphatic imine (C=N–C) groups is 1. The average molecular weight is 479 g/mol. The van der Waals surface area contributed by atoms with Crippen molar-refractivity contribution in [2.24, 2.45) is 10.9 Å². The number of nitrogens with one attached hydrogen (secondary N) is 2. The minimum Gasteiger partial charge on any atom is -0.467 e. The lowest BCUT2D eigenvalue weighted by atomic mass is 10.1. The van der Waals surface area contributed by atoms with Gasteiger partial charge in [0.25, 0.3) is 0 Å². The van der Waals surface area contributed by atoms with Crippen LogP contribution in [0.3, 0.4) is 0 Å². The van der Waals surface area contributed by atoms with E-state index in [2.05, 4.69) is 29.5 Å². The van der Waals surface area contributed by atoms with Crippen LogP contribution in [0.2, 0.25) is 0 Å². The van der Waals surface area contributed by atoms with Crippen molar-refractivity contribution in [3.05, 3.63) is 29.1 Å². The van der Waals surface area contributed by atoms with Gasteiger partial charge in [0.05, 0.1) is 6.61 Å². The van der Waals surface area contributed by atoms with Gasteiger partial charge in [-0.3, -0.25) is 4.99 Å². The lowest BCUT2D eigenvalue weighted by molar-refractivity contribution is -0.0172. The molecule has 0 saturated heterocycles. The molecule has 0 aliphatic carbocycles. The van der Waals surface area contributed by atoms with Gasteiger partial charge in [0.15, 0.2) is 12.8 Å². The fraction of sp³-hybridized carbons (Fsp3) is 0.632. The van der Waals surface area contributed by atoms with E-state index in [0.717, 1.165) is 42.3 Å². The zero-order valence-corrected chi connectivity index (χ0v) is 18.3. The van der Waals surface area contributed by atoms with E-state index in [1.165, 1.54) is 12.5 Å². The third-order valence-corrected chi connectivity index (χ3v) is 3.99.